The molecule has 1 amide bonds. The van der Waals surface area contributed by atoms with Crippen molar-refractivity contribution in [3.63, 3.8) is 0 Å². The van der Waals surface area contributed by atoms with E-state index >= 15 is 0 Å². The molecule has 1 N–H and O–H groups in total. The van der Waals surface area contributed by atoms with E-state index in [0.29, 0.717) is 11.6 Å². The van der Waals surface area contributed by atoms with Gasteiger partial charge in [0.15, 0.2) is 0 Å². The topological polar surface area (TPSA) is 66.8 Å². The molecule has 3 rings (SSSR count). The Bertz CT molecular complexity index is 700. The molecule has 1 aliphatic heterocycles. The number of hydrogen-bond acceptors (Lipinski definition) is 3. The van der Waals surface area contributed by atoms with Crippen LogP contribution in [0, 0.1) is 12.8 Å². The van der Waals surface area contributed by atoms with E-state index in [1.54, 1.807) is 4.68 Å². The van der Waals surface area contributed by atoms with Crippen molar-refractivity contribution in [3.05, 3.63) is 35.2 Å². The van der Waals surface area contributed by atoms with E-state index in [4.69, 9.17) is 0 Å². The highest BCUT2D eigenvalue weighted by Crippen LogP contribution is 2.31. The van der Waals surface area contributed by atoms with Crippen LogP contribution in [0.25, 0.3) is 0 Å². The normalized spacial score (nSPS) is 18.1. The summed E-state index contributed by atoms with van der Waals surface area (Å²) in [5.74, 6) is 1.46. The van der Waals surface area contributed by atoms with Gasteiger partial charge in [0.05, 0.1) is 11.7 Å². The summed E-state index contributed by atoms with van der Waals surface area (Å²) in [6, 6.07) is 1.98. The van der Waals surface area contributed by atoms with Crippen LogP contribution in [-0.4, -0.2) is 37.1 Å². The monoisotopic (exact) mass is 315 g/mol. The van der Waals surface area contributed by atoms with Crippen LogP contribution in [0.15, 0.2) is 12.3 Å². The lowest BCUT2D eigenvalue weighted by molar-refractivity contribution is 0.0719. The summed E-state index contributed by atoms with van der Waals surface area (Å²) >= 11 is 0. The van der Waals surface area contributed by atoms with Crippen LogP contribution < -0.4 is 0 Å². The molecule has 1 saturated heterocycles. The smallest absolute Gasteiger partial charge is 0.272 e. The number of carbonyl (C=O) groups is 1. The van der Waals surface area contributed by atoms with E-state index in [0.717, 1.165) is 43.0 Å². The predicted octanol–water partition coefficient (Wildman–Crippen LogP) is 2.63. The highest BCUT2D eigenvalue weighted by molar-refractivity contribution is 5.93. The van der Waals surface area contributed by atoms with Gasteiger partial charge in [0.25, 0.3) is 5.91 Å². The van der Waals surface area contributed by atoms with Crippen molar-refractivity contribution in [1.29, 1.82) is 0 Å². The highest BCUT2D eigenvalue weighted by Gasteiger charge is 2.33. The molecular formula is C17H25N5O. The maximum Gasteiger partial charge on any atom is 0.272 e. The molecule has 6 nitrogen and oxygen atoms in total. The molecule has 3 heterocycles. The van der Waals surface area contributed by atoms with Crippen molar-refractivity contribution in [2.75, 3.05) is 6.54 Å². The summed E-state index contributed by atoms with van der Waals surface area (Å²) in [5.41, 5.74) is 2.67. The molecule has 0 aromatic carbocycles. The van der Waals surface area contributed by atoms with Gasteiger partial charge in [-0.3, -0.25) is 9.48 Å². The number of H-pyrrole nitrogens is 1. The molecule has 2 aromatic heterocycles. The van der Waals surface area contributed by atoms with Gasteiger partial charge in [0, 0.05) is 25.5 Å². The standard InChI is InChI=1S/C17H25N5O/c1-11(2)8-13-9-15(21(4)20-13)17(23)22-7-5-6-14(22)16-18-10-12(3)19-16/h9-11,14H,5-8H2,1-4H3,(H,18,19). The van der Waals surface area contributed by atoms with Crippen molar-refractivity contribution in [2.45, 2.75) is 46.1 Å². The summed E-state index contributed by atoms with van der Waals surface area (Å²) < 4.78 is 1.71. The van der Waals surface area contributed by atoms with E-state index in [-0.39, 0.29) is 11.9 Å². The molecule has 0 saturated carbocycles. The molecule has 23 heavy (non-hydrogen) atoms. The Hall–Kier alpha value is -2.11. The van der Waals surface area contributed by atoms with E-state index < -0.39 is 0 Å². The SMILES string of the molecule is Cc1cnc(C2CCCN2C(=O)c2cc(CC(C)C)nn2C)[nH]1. The van der Waals surface area contributed by atoms with Gasteiger partial charge in [-0.15, -0.1) is 0 Å². The second kappa shape index (κ2) is 6.18. The second-order valence-electron chi connectivity index (χ2n) is 6.85. The van der Waals surface area contributed by atoms with Crippen LogP contribution in [0.2, 0.25) is 0 Å². The third-order valence-corrected chi connectivity index (χ3v) is 4.32. The summed E-state index contributed by atoms with van der Waals surface area (Å²) in [6.07, 6.45) is 4.67. The van der Waals surface area contributed by atoms with Gasteiger partial charge in [-0.2, -0.15) is 5.10 Å². The number of aromatic nitrogens is 4. The Morgan fingerprint density at radius 1 is 1.48 bits per heavy atom. The Labute approximate surface area is 136 Å². The average Bonchev–Trinajstić information content (AvgIpc) is 3.17. The number of aryl methyl sites for hydroxylation is 2. The maximum atomic E-state index is 13.0. The van der Waals surface area contributed by atoms with Gasteiger partial charge in [-0.05, 0) is 38.2 Å². The third-order valence-electron chi connectivity index (χ3n) is 4.32. The molecule has 1 atom stereocenters. The number of carbonyl (C=O) groups excluding carboxylic acids is 1. The summed E-state index contributed by atoms with van der Waals surface area (Å²) in [6.45, 7) is 7.07. The van der Waals surface area contributed by atoms with Gasteiger partial charge in [0.2, 0.25) is 0 Å². The molecular weight excluding hydrogens is 290 g/mol. The lowest BCUT2D eigenvalue weighted by Gasteiger charge is -2.23. The highest BCUT2D eigenvalue weighted by atomic mass is 16.2. The van der Waals surface area contributed by atoms with Crippen molar-refractivity contribution >= 4 is 5.91 Å². The second-order valence-corrected chi connectivity index (χ2v) is 6.85. The van der Waals surface area contributed by atoms with Crippen LogP contribution in [0.4, 0.5) is 0 Å². The Kier molecular flexibility index (Phi) is 4.24. The number of nitrogens with one attached hydrogen (secondary N) is 1. The lowest BCUT2D eigenvalue weighted by Crippen LogP contribution is -2.32. The fourth-order valence-corrected chi connectivity index (χ4v) is 3.29. The average molecular weight is 315 g/mol. The van der Waals surface area contributed by atoms with Crippen LogP contribution in [-0.2, 0) is 13.5 Å². The largest absolute Gasteiger partial charge is 0.344 e. The van der Waals surface area contributed by atoms with Gasteiger partial charge in [0.1, 0.15) is 11.5 Å². The number of rotatable bonds is 4. The van der Waals surface area contributed by atoms with Gasteiger partial charge >= 0.3 is 0 Å². The molecule has 1 aliphatic rings. The number of imidazole rings is 1. The zero-order chi connectivity index (χ0) is 16.6. The molecule has 124 valence electrons. The Morgan fingerprint density at radius 2 is 2.26 bits per heavy atom. The van der Waals surface area contributed by atoms with Crippen molar-refractivity contribution < 1.29 is 4.79 Å². The fraction of sp³-hybridized carbons (Fsp3) is 0.588. The summed E-state index contributed by atoms with van der Waals surface area (Å²) in [5, 5.41) is 4.49. The predicted molar refractivity (Wildman–Crippen MR) is 88.1 cm³/mol. The molecule has 0 bridgehead atoms. The van der Waals surface area contributed by atoms with E-state index in [9.17, 15) is 4.79 Å². The van der Waals surface area contributed by atoms with Crippen molar-refractivity contribution in [3.8, 4) is 0 Å². The quantitative estimate of drug-likeness (QED) is 0.943. The molecule has 0 radical (unpaired) electrons. The Balaban J connectivity index is 1.83. The van der Waals surface area contributed by atoms with Crippen LogP contribution in [0.5, 0.6) is 0 Å². The minimum absolute atomic E-state index is 0.0413. The molecule has 0 spiro atoms. The minimum atomic E-state index is 0.0413. The van der Waals surface area contributed by atoms with Crippen molar-refractivity contribution in [1.82, 2.24) is 24.6 Å². The number of likely N-dealkylation sites (tertiary alicyclic amines) is 1. The number of nitrogens with zero attached hydrogens (tertiary/aromatic N) is 4. The fourth-order valence-electron chi connectivity index (χ4n) is 3.29. The van der Waals surface area contributed by atoms with Crippen LogP contribution in [0.3, 0.4) is 0 Å². The Morgan fingerprint density at radius 3 is 2.91 bits per heavy atom. The van der Waals surface area contributed by atoms with Gasteiger partial charge < -0.3 is 9.88 Å². The van der Waals surface area contributed by atoms with E-state index in [2.05, 4.69) is 28.9 Å². The van der Waals surface area contributed by atoms with E-state index in [1.165, 1.54) is 0 Å². The number of hydrogen-bond donors (Lipinski definition) is 1. The summed E-state index contributed by atoms with van der Waals surface area (Å²) in [4.78, 5) is 22.6. The van der Waals surface area contributed by atoms with E-state index in [1.807, 2.05) is 31.1 Å². The van der Waals surface area contributed by atoms with Crippen molar-refractivity contribution in [2.24, 2.45) is 13.0 Å². The minimum Gasteiger partial charge on any atom is -0.344 e. The van der Waals surface area contributed by atoms with Gasteiger partial charge in [-0.25, -0.2) is 4.98 Å². The van der Waals surface area contributed by atoms with Crippen LogP contribution >= 0.6 is 0 Å². The number of amides is 1. The lowest BCUT2D eigenvalue weighted by atomic mass is 10.1. The molecule has 1 unspecified atom stereocenters. The summed E-state index contributed by atoms with van der Waals surface area (Å²) in [7, 11) is 1.85. The first-order valence-electron chi connectivity index (χ1n) is 8.31. The zero-order valence-corrected chi connectivity index (χ0v) is 14.3. The molecule has 0 aliphatic carbocycles. The first kappa shape index (κ1) is 15.8. The first-order chi connectivity index (χ1) is 11.0. The molecule has 2 aromatic rings. The van der Waals surface area contributed by atoms with Gasteiger partial charge in [-0.1, -0.05) is 13.8 Å². The number of aromatic amines is 1. The maximum absolute atomic E-state index is 13.0. The zero-order valence-electron chi connectivity index (χ0n) is 14.3. The third kappa shape index (κ3) is 3.16. The molecule has 6 heteroatoms. The first-order valence-corrected chi connectivity index (χ1v) is 8.31. The van der Waals surface area contributed by atoms with Crippen LogP contribution in [0.1, 0.15) is 60.4 Å². The molecule has 1 fully saturated rings.